The highest BCUT2D eigenvalue weighted by Gasteiger charge is 2.23. The zero-order chi connectivity index (χ0) is 18.0. The van der Waals surface area contributed by atoms with E-state index in [4.69, 9.17) is 11.6 Å². The molecule has 1 aromatic heterocycles. The van der Waals surface area contributed by atoms with Gasteiger partial charge in [0.15, 0.2) is 5.82 Å². The largest absolute Gasteiger partial charge is 0.355 e. The van der Waals surface area contributed by atoms with E-state index in [9.17, 15) is 4.79 Å². The first-order valence-corrected chi connectivity index (χ1v) is 9.17. The first-order valence-electron chi connectivity index (χ1n) is 8.79. The molecule has 1 saturated heterocycles. The molecule has 0 amide bonds. The summed E-state index contributed by atoms with van der Waals surface area (Å²) in [5.74, 6) is 1.57. The smallest absolute Gasteiger partial charge is 0.252 e. The standard InChI is InChI=1S/C20H24ClN3O/c1-13-11-14(2)19(20(21)25)15(3)17(13)12-16-6-9-24(10-7-16)18-5-4-8-22-23-18/h4-5,8,11,16H,6-7,9-10,12H2,1-3H3. The molecule has 0 saturated carbocycles. The predicted molar refractivity (Wildman–Crippen MR) is 102 cm³/mol. The quantitative estimate of drug-likeness (QED) is 0.768. The number of benzene rings is 1. The van der Waals surface area contributed by atoms with Crippen LogP contribution in [0.25, 0.3) is 0 Å². The number of aromatic nitrogens is 2. The van der Waals surface area contributed by atoms with E-state index < -0.39 is 0 Å². The Morgan fingerprint density at radius 2 is 1.96 bits per heavy atom. The Kier molecular flexibility index (Phi) is 5.38. The van der Waals surface area contributed by atoms with Crippen molar-refractivity contribution < 1.29 is 4.79 Å². The van der Waals surface area contributed by atoms with Gasteiger partial charge in [-0.3, -0.25) is 4.79 Å². The molecule has 132 valence electrons. The molecule has 0 unspecified atom stereocenters. The fraction of sp³-hybridized carbons (Fsp3) is 0.450. The van der Waals surface area contributed by atoms with E-state index in [0.29, 0.717) is 11.5 Å². The zero-order valence-electron chi connectivity index (χ0n) is 15.1. The summed E-state index contributed by atoms with van der Waals surface area (Å²) in [6.45, 7) is 8.11. The van der Waals surface area contributed by atoms with Crippen molar-refractivity contribution >= 4 is 22.7 Å². The van der Waals surface area contributed by atoms with Gasteiger partial charge >= 0.3 is 0 Å². The third-order valence-electron chi connectivity index (χ3n) is 5.32. The second-order valence-electron chi connectivity index (χ2n) is 6.98. The summed E-state index contributed by atoms with van der Waals surface area (Å²) in [4.78, 5) is 14.1. The van der Waals surface area contributed by atoms with E-state index in [0.717, 1.165) is 49.3 Å². The highest BCUT2D eigenvalue weighted by Crippen LogP contribution is 2.30. The highest BCUT2D eigenvalue weighted by molar-refractivity contribution is 6.68. The molecule has 5 heteroatoms. The molecule has 1 aliphatic heterocycles. The summed E-state index contributed by atoms with van der Waals surface area (Å²) >= 11 is 5.81. The zero-order valence-corrected chi connectivity index (χ0v) is 15.8. The normalized spacial score (nSPS) is 15.4. The highest BCUT2D eigenvalue weighted by atomic mass is 35.5. The second kappa shape index (κ2) is 7.52. The lowest BCUT2D eigenvalue weighted by atomic mass is 9.84. The Bertz CT molecular complexity index is 768. The summed E-state index contributed by atoms with van der Waals surface area (Å²) in [6, 6.07) is 6.03. The van der Waals surface area contributed by atoms with Gasteiger partial charge in [-0.2, -0.15) is 5.10 Å². The molecule has 0 aliphatic carbocycles. The van der Waals surface area contributed by atoms with Crippen molar-refractivity contribution in [1.29, 1.82) is 0 Å². The molecule has 4 nitrogen and oxygen atoms in total. The van der Waals surface area contributed by atoms with E-state index in [2.05, 4.69) is 28.1 Å². The van der Waals surface area contributed by atoms with Crippen molar-refractivity contribution in [3.8, 4) is 0 Å². The molecule has 1 fully saturated rings. The topological polar surface area (TPSA) is 46.1 Å². The van der Waals surface area contributed by atoms with Crippen molar-refractivity contribution in [3.63, 3.8) is 0 Å². The summed E-state index contributed by atoms with van der Waals surface area (Å²) in [6.07, 6.45) is 4.94. The molecular formula is C20H24ClN3O. The van der Waals surface area contributed by atoms with Crippen LogP contribution in [0.2, 0.25) is 0 Å². The number of hydrogen-bond donors (Lipinski definition) is 0. The van der Waals surface area contributed by atoms with Crippen molar-refractivity contribution in [1.82, 2.24) is 10.2 Å². The molecule has 0 bridgehead atoms. The van der Waals surface area contributed by atoms with Crippen LogP contribution in [0.5, 0.6) is 0 Å². The van der Waals surface area contributed by atoms with Crippen LogP contribution >= 0.6 is 11.6 Å². The fourth-order valence-electron chi connectivity index (χ4n) is 3.96. The maximum atomic E-state index is 11.8. The molecule has 25 heavy (non-hydrogen) atoms. The maximum absolute atomic E-state index is 11.8. The average molecular weight is 358 g/mol. The molecular weight excluding hydrogens is 334 g/mol. The number of carbonyl (C=O) groups is 1. The van der Waals surface area contributed by atoms with E-state index in [1.54, 1.807) is 6.20 Å². The minimum Gasteiger partial charge on any atom is -0.355 e. The van der Waals surface area contributed by atoms with Crippen LogP contribution in [-0.4, -0.2) is 28.5 Å². The van der Waals surface area contributed by atoms with E-state index in [1.807, 2.05) is 26.0 Å². The minimum absolute atomic E-state index is 0.353. The van der Waals surface area contributed by atoms with Gasteiger partial charge < -0.3 is 4.90 Å². The number of anilines is 1. The Hall–Kier alpha value is -1.94. The fourth-order valence-corrected chi connectivity index (χ4v) is 4.25. The van der Waals surface area contributed by atoms with Gasteiger partial charge in [0, 0.05) is 24.8 Å². The van der Waals surface area contributed by atoms with Crippen molar-refractivity contribution in [2.24, 2.45) is 5.92 Å². The molecule has 2 heterocycles. The Morgan fingerprint density at radius 3 is 2.56 bits per heavy atom. The van der Waals surface area contributed by atoms with Gasteiger partial charge in [0.2, 0.25) is 0 Å². The Balaban J connectivity index is 1.72. The number of piperidine rings is 1. The molecule has 3 rings (SSSR count). The van der Waals surface area contributed by atoms with Crippen LogP contribution in [0.1, 0.15) is 45.5 Å². The summed E-state index contributed by atoms with van der Waals surface area (Å²) in [5.41, 5.74) is 5.24. The van der Waals surface area contributed by atoms with E-state index in [-0.39, 0.29) is 5.24 Å². The van der Waals surface area contributed by atoms with Gasteiger partial charge in [0.05, 0.1) is 0 Å². The second-order valence-corrected chi connectivity index (χ2v) is 7.32. The lowest BCUT2D eigenvalue weighted by Gasteiger charge is -2.33. The van der Waals surface area contributed by atoms with Gasteiger partial charge in [-0.15, -0.1) is 5.10 Å². The summed E-state index contributed by atoms with van der Waals surface area (Å²) in [5, 5.41) is 7.82. The van der Waals surface area contributed by atoms with Crippen molar-refractivity contribution in [2.45, 2.75) is 40.0 Å². The van der Waals surface area contributed by atoms with Crippen LogP contribution in [0.15, 0.2) is 24.4 Å². The summed E-state index contributed by atoms with van der Waals surface area (Å²) < 4.78 is 0. The van der Waals surface area contributed by atoms with Crippen LogP contribution in [0.3, 0.4) is 0 Å². The van der Waals surface area contributed by atoms with Crippen LogP contribution < -0.4 is 4.90 Å². The number of rotatable bonds is 4. The number of aryl methyl sites for hydroxylation is 2. The predicted octanol–water partition coefficient (Wildman–Crippen LogP) is 4.24. The van der Waals surface area contributed by atoms with Gasteiger partial charge in [-0.05, 0) is 91.9 Å². The third-order valence-corrected chi connectivity index (χ3v) is 5.51. The molecule has 2 aromatic rings. The first-order chi connectivity index (χ1) is 12.0. The lowest BCUT2D eigenvalue weighted by molar-refractivity contribution is 0.108. The summed E-state index contributed by atoms with van der Waals surface area (Å²) in [7, 11) is 0. The third kappa shape index (κ3) is 3.84. The van der Waals surface area contributed by atoms with Crippen LogP contribution in [0.4, 0.5) is 5.82 Å². The minimum atomic E-state index is -0.353. The van der Waals surface area contributed by atoms with Crippen LogP contribution in [-0.2, 0) is 6.42 Å². The van der Waals surface area contributed by atoms with Gasteiger partial charge in [-0.25, -0.2) is 0 Å². The van der Waals surface area contributed by atoms with E-state index in [1.165, 1.54) is 11.1 Å². The average Bonchev–Trinajstić information content (AvgIpc) is 2.59. The van der Waals surface area contributed by atoms with Gasteiger partial charge in [0.25, 0.3) is 5.24 Å². The Morgan fingerprint density at radius 1 is 1.24 bits per heavy atom. The number of nitrogens with zero attached hydrogens (tertiary/aromatic N) is 3. The molecule has 0 N–H and O–H groups in total. The van der Waals surface area contributed by atoms with Crippen molar-refractivity contribution in [3.05, 3.63) is 52.2 Å². The maximum Gasteiger partial charge on any atom is 0.252 e. The van der Waals surface area contributed by atoms with Gasteiger partial charge in [-0.1, -0.05) is 6.07 Å². The number of halogens is 1. The van der Waals surface area contributed by atoms with Crippen molar-refractivity contribution in [2.75, 3.05) is 18.0 Å². The Labute approximate surface area is 154 Å². The molecule has 0 atom stereocenters. The monoisotopic (exact) mass is 357 g/mol. The lowest BCUT2D eigenvalue weighted by Crippen LogP contribution is -2.35. The molecule has 0 spiro atoms. The molecule has 0 radical (unpaired) electrons. The molecule has 1 aromatic carbocycles. The SMILES string of the molecule is Cc1cc(C)c(C(=O)Cl)c(C)c1CC1CCN(c2cccnn2)CC1. The first kappa shape index (κ1) is 17.9. The number of carbonyl (C=O) groups excluding carboxylic acids is 1. The van der Waals surface area contributed by atoms with Gasteiger partial charge in [0.1, 0.15) is 0 Å². The number of hydrogen-bond acceptors (Lipinski definition) is 4. The van der Waals surface area contributed by atoms with Crippen LogP contribution in [0, 0.1) is 26.7 Å². The van der Waals surface area contributed by atoms with E-state index >= 15 is 0 Å². The molecule has 1 aliphatic rings.